The van der Waals surface area contributed by atoms with Crippen molar-refractivity contribution in [3.63, 3.8) is 0 Å². The predicted molar refractivity (Wildman–Crippen MR) is 65.7 cm³/mol. The number of likely N-dealkylation sites (tertiary alicyclic amines) is 1. The van der Waals surface area contributed by atoms with Gasteiger partial charge in [0.25, 0.3) is 5.91 Å². The van der Waals surface area contributed by atoms with E-state index >= 15 is 0 Å². The molecule has 0 saturated carbocycles. The standard InChI is InChI=1S/C13H17FN2O2/c1-8(15)10-7-9(14)3-4-11(10)18-12-5-6-16(2)13(12)17/h3-4,7-8,12H,5-6,15H2,1-2H3. The first kappa shape index (κ1) is 12.8. The largest absolute Gasteiger partial charge is 0.480 e. The molecule has 0 aliphatic carbocycles. The number of amides is 1. The Morgan fingerprint density at radius 3 is 2.83 bits per heavy atom. The molecule has 1 heterocycles. The Kier molecular flexibility index (Phi) is 3.52. The summed E-state index contributed by atoms with van der Waals surface area (Å²) in [5.74, 6) is 0.0829. The fourth-order valence-electron chi connectivity index (χ4n) is 2.04. The lowest BCUT2D eigenvalue weighted by Gasteiger charge is -2.17. The van der Waals surface area contributed by atoms with Crippen LogP contribution in [0.2, 0.25) is 0 Å². The second-order valence-corrected chi connectivity index (χ2v) is 4.63. The van der Waals surface area contributed by atoms with Crippen molar-refractivity contribution in [1.82, 2.24) is 4.90 Å². The normalized spacial score (nSPS) is 21.2. The fraction of sp³-hybridized carbons (Fsp3) is 0.462. The number of benzene rings is 1. The third-order valence-corrected chi connectivity index (χ3v) is 3.11. The summed E-state index contributed by atoms with van der Waals surface area (Å²) in [7, 11) is 1.74. The van der Waals surface area contributed by atoms with Crippen molar-refractivity contribution in [2.45, 2.75) is 25.5 Å². The second-order valence-electron chi connectivity index (χ2n) is 4.63. The molecule has 4 nitrogen and oxygen atoms in total. The van der Waals surface area contributed by atoms with E-state index in [4.69, 9.17) is 10.5 Å². The van der Waals surface area contributed by atoms with E-state index in [1.165, 1.54) is 18.2 Å². The monoisotopic (exact) mass is 252 g/mol. The summed E-state index contributed by atoms with van der Waals surface area (Å²) < 4.78 is 18.8. The van der Waals surface area contributed by atoms with Gasteiger partial charge in [-0.15, -0.1) is 0 Å². The van der Waals surface area contributed by atoms with E-state index in [9.17, 15) is 9.18 Å². The SMILES string of the molecule is CC(N)c1cc(F)ccc1OC1CCN(C)C1=O. The summed E-state index contributed by atoms with van der Waals surface area (Å²) >= 11 is 0. The molecule has 1 saturated heterocycles. The lowest BCUT2D eigenvalue weighted by Crippen LogP contribution is -2.29. The molecule has 2 atom stereocenters. The average Bonchev–Trinajstić information content (AvgIpc) is 2.63. The molecule has 1 amide bonds. The molecular weight excluding hydrogens is 235 g/mol. The third-order valence-electron chi connectivity index (χ3n) is 3.11. The van der Waals surface area contributed by atoms with Gasteiger partial charge in [0.2, 0.25) is 0 Å². The summed E-state index contributed by atoms with van der Waals surface area (Å²) in [5, 5.41) is 0. The summed E-state index contributed by atoms with van der Waals surface area (Å²) in [6.45, 7) is 2.43. The first-order valence-corrected chi connectivity index (χ1v) is 5.95. The Hall–Kier alpha value is -1.62. The first-order valence-electron chi connectivity index (χ1n) is 5.95. The Bertz CT molecular complexity index is 462. The zero-order valence-corrected chi connectivity index (χ0v) is 10.5. The lowest BCUT2D eigenvalue weighted by molar-refractivity contribution is -0.132. The summed E-state index contributed by atoms with van der Waals surface area (Å²) in [6.07, 6.45) is 0.156. The number of hydrogen-bond donors (Lipinski definition) is 1. The maximum absolute atomic E-state index is 13.2. The Balaban J connectivity index is 2.21. The van der Waals surface area contributed by atoms with E-state index in [2.05, 4.69) is 0 Å². The van der Waals surface area contributed by atoms with Gasteiger partial charge < -0.3 is 15.4 Å². The molecule has 1 aliphatic rings. The number of ether oxygens (including phenoxy) is 1. The van der Waals surface area contributed by atoms with Crippen LogP contribution in [0.15, 0.2) is 18.2 Å². The van der Waals surface area contributed by atoms with Gasteiger partial charge in [-0.1, -0.05) is 0 Å². The highest BCUT2D eigenvalue weighted by atomic mass is 19.1. The molecule has 1 aliphatic heterocycles. The Morgan fingerprint density at radius 2 is 2.28 bits per heavy atom. The molecule has 18 heavy (non-hydrogen) atoms. The van der Waals surface area contributed by atoms with E-state index in [1.54, 1.807) is 18.9 Å². The minimum Gasteiger partial charge on any atom is -0.480 e. The smallest absolute Gasteiger partial charge is 0.263 e. The summed E-state index contributed by atoms with van der Waals surface area (Å²) in [6, 6.07) is 3.84. The van der Waals surface area contributed by atoms with Crippen LogP contribution in [0.1, 0.15) is 24.9 Å². The fourth-order valence-corrected chi connectivity index (χ4v) is 2.04. The highest BCUT2D eigenvalue weighted by Crippen LogP contribution is 2.27. The van der Waals surface area contributed by atoms with Crippen molar-refractivity contribution in [3.05, 3.63) is 29.6 Å². The van der Waals surface area contributed by atoms with Crippen LogP contribution in [0.5, 0.6) is 5.75 Å². The van der Waals surface area contributed by atoms with Crippen LogP contribution in [-0.4, -0.2) is 30.5 Å². The minimum absolute atomic E-state index is 0.0463. The summed E-state index contributed by atoms with van der Waals surface area (Å²) in [5.41, 5.74) is 6.36. The van der Waals surface area contributed by atoms with Gasteiger partial charge in [-0.2, -0.15) is 0 Å². The minimum atomic E-state index is -0.488. The lowest BCUT2D eigenvalue weighted by atomic mass is 10.1. The molecule has 1 aromatic carbocycles. The van der Waals surface area contributed by atoms with Gasteiger partial charge in [-0.25, -0.2) is 4.39 Å². The maximum Gasteiger partial charge on any atom is 0.263 e. The van der Waals surface area contributed by atoms with Crippen molar-refractivity contribution < 1.29 is 13.9 Å². The molecule has 0 aromatic heterocycles. The second kappa shape index (κ2) is 4.94. The molecule has 0 bridgehead atoms. The van der Waals surface area contributed by atoms with E-state index in [1.807, 2.05) is 0 Å². The van der Waals surface area contributed by atoms with Crippen LogP contribution >= 0.6 is 0 Å². The zero-order valence-electron chi connectivity index (χ0n) is 10.5. The van der Waals surface area contributed by atoms with Gasteiger partial charge in [-0.05, 0) is 25.1 Å². The topological polar surface area (TPSA) is 55.6 Å². The average molecular weight is 252 g/mol. The number of carbonyl (C=O) groups excluding carboxylic acids is 1. The number of hydrogen-bond acceptors (Lipinski definition) is 3. The number of nitrogens with two attached hydrogens (primary N) is 1. The number of rotatable bonds is 3. The molecule has 2 rings (SSSR count). The molecule has 0 radical (unpaired) electrons. The summed E-state index contributed by atoms with van der Waals surface area (Å²) in [4.78, 5) is 13.4. The van der Waals surface area contributed by atoms with Gasteiger partial charge in [-0.3, -0.25) is 4.79 Å². The van der Waals surface area contributed by atoms with Gasteiger partial charge in [0.05, 0.1) is 0 Å². The van der Waals surface area contributed by atoms with Gasteiger partial charge >= 0.3 is 0 Å². The third kappa shape index (κ3) is 2.46. The van der Waals surface area contributed by atoms with Crippen molar-refractivity contribution in [3.8, 4) is 5.75 Å². The quantitative estimate of drug-likeness (QED) is 0.886. The van der Waals surface area contributed by atoms with E-state index < -0.39 is 6.10 Å². The van der Waals surface area contributed by atoms with Gasteiger partial charge in [0, 0.05) is 31.6 Å². The van der Waals surface area contributed by atoms with E-state index in [0.717, 1.165) is 0 Å². The van der Waals surface area contributed by atoms with Crippen LogP contribution in [-0.2, 0) is 4.79 Å². The van der Waals surface area contributed by atoms with Crippen molar-refractivity contribution >= 4 is 5.91 Å². The highest BCUT2D eigenvalue weighted by molar-refractivity contribution is 5.83. The molecular formula is C13H17FN2O2. The van der Waals surface area contributed by atoms with Crippen LogP contribution in [0.4, 0.5) is 4.39 Å². The van der Waals surface area contributed by atoms with E-state index in [0.29, 0.717) is 24.3 Å². The number of halogens is 1. The van der Waals surface area contributed by atoms with Crippen molar-refractivity contribution in [2.75, 3.05) is 13.6 Å². The molecule has 1 fully saturated rings. The van der Waals surface area contributed by atoms with Gasteiger partial charge in [0.1, 0.15) is 11.6 Å². The molecule has 2 unspecified atom stereocenters. The van der Waals surface area contributed by atoms with Crippen LogP contribution in [0, 0.1) is 5.82 Å². The molecule has 0 spiro atoms. The maximum atomic E-state index is 13.2. The molecule has 98 valence electrons. The number of nitrogens with zero attached hydrogens (tertiary/aromatic N) is 1. The first-order chi connectivity index (χ1) is 8.49. The highest BCUT2D eigenvalue weighted by Gasteiger charge is 2.31. The zero-order chi connectivity index (χ0) is 13.3. The molecule has 5 heteroatoms. The van der Waals surface area contributed by atoms with Crippen LogP contribution in [0.25, 0.3) is 0 Å². The van der Waals surface area contributed by atoms with Crippen molar-refractivity contribution in [1.29, 1.82) is 0 Å². The Labute approximate surface area is 106 Å². The predicted octanol–water partition coefficient (Wildman–Crippen LogP) is 1.45. The number of likely N-dealkylation sites (N-methyl/N-ethyl adjacent to an activating group) is 1. The Morgan fingerprint density at radius 1 is 1.56 bits per heavy atom. The molecule has 2 N–H and O–H groups in total. The van der Waals surface area contributed by atoms with Crippen molar-refractivity contribution in [2.24, 2.45) is 5.73 Å². The number of carbonyl (C=O) groups is 1. The van der Waals surface area contributed by atoms with Crippen LogP contribution < -0.4 is 10.5 Å². The van der Waals surface area contributed by atoms with Crippen LogP contribution in [0.3, 0.4) is 0 Å². The van der Waals surface area contributed by atoms with Gasteiger partial charge in [0.15, 0.2) is 6.10 Å². The van der Waals surface area contributed by atoms with E-state index in [-0.39, 0.29) is 17.8 Å². The molecule has 1 aromatic rings.